The molecule has 0 atom stereocenters. The fourth-order valence-electron chi connectivity index (χ4n) is 1.87. The second-order valence-corrected chi connectivity index (χ2v) is 8.11. The summed E-state index contributed by atoms with van der Waals surface area (Å²) in [6, 6.07) is 10.5. The highest BCUT2D eigenvalue weighted by Crippen LogP contribution is 2.21. The molecule has 0 saturated heterocycles. The zero-order valence-electron chi connectivity index (χ0n) is 13.5. The van der Waals surface area contributed by atoms with Crippen LogP contribution in [0.4, 0.5) is 15.8 Å². The van der Waals surface area contributed by atoms with Crippen LogP contribution in [0.1, 0.15) is 0 Å². The molecule has 0 heterocycles. The first kappa shape index (κ1) is 19.2. The van der Waals surface area contributed by atoms with Crippen LogP contribution in [-0.4, -0.2) is 34.2 Å². The van der Waals surface area contributed by atoms with Crippen LogP contribution < -0.4 is 14.4 Å². The van der Waals surface area contributed by atoms with E-state index < -0.39 is 21.7 Å². The Kier molecular flexibility index (Phi) is 6.02. The number of rotatable bonds is 6. The number of sulfonamides is 1. The maximum atomic E-state index is 13.7. The quantitative estimate of drug-likeness (QED) is 0.763. The van der Waals surface area contributed by atoms with Gasteiger partial charge in [0.1, 0.15) is 11.6 Å². The number of hydrogen-bond donors (Lipinski definition) is 1. The smallest absolute Gasteiger partial charge is 0.262 e. The fourth-order valence-corrected chi connectivity index (χ4v) is 2.71. The van der Waals surface area contributed by atoms with E-state index in [9.17, 15) is 17.6 Å². The van der Waals surface area contributed by atoms with E-state index in [2.05, 4.69) is 21.2 Å². The number of nitrogens with one attached hydrogen (secondary N) is 1. The van der Waals surface area contributed by atoms with Crippen molar-refractivity contribution in [3.63, 3.8) is 0 Å². The lowest BCUT2D eigenvalue weighted by atomic mass is 10.3. The van der Waals surface area contributed by atoms with Crippen molar-refractivity contribution in [1.82, 2.24) is 0 Å². The number of carbonyl (C=O) groups is 1. The summed E-state index contributed by atoms with van der Waals surface area (Å²) >= 11 is 3.13. The van der Waals surface area contributed by atoms with Gasteiger partial charge in [-0.25, -0.2) is 12.8 Å². The van der Waals surface area contributed by atoms with Crippen LogP contribution >= 0.6 is 15.9 Å². The Balaban J connectivity index is 1.93. The third-order valence-electron chi connectivity index (χ3n) is 3.27. The molecule has 25 heavy (non-hydrogen) atoms. The maximum absolute atomic E-state index is 13.7. The van der Waals surface area contributed by atoms with E-state index in [4.69, 9.17) is 4.74 Å². The molecule has 9 heteroatoms. The van der Waals surface area contributed by atoms with Crippen molar-refractivity contribution in [1.29, 1.82) is 0 Å². The van der Waals surface area contributed by atoms with E-state index in [1.807, 2.05) is 0 Å². The number of hydrogen-bond acceptors (Lipinski definition) is 4. The average molecular weight is 431 g/mol. The number of ether oxygens (including phenoxy) is 1. The summed E-state index contributed by atoms with van der Waals surface area (Å²) < 4.78 is 43.6. The van der Waals surface area contributed by atoms with E-state index in [0.29, 0.717) is 15.9 Å². The summed E-state index contributed by atoms with van der Waals surface area (Å²) in [7, 11) is -1.91. The first-order chi connectivity index (χ1) is 11.7. The van der Waals surface area contributed by atoms with Crippen LogP contribution in [0.3, 0.4) is 0 Å². The molecule has 6 nitrogen and oxygen atoms in total. The van der Waals surface area contributed by atoms with Crippen LogP contribution in [0, 0.1) is 5.82 Å². The SMILES string of the molecule is CN(c1ccc(OCC(=O)Nc2ccc(Br)cc2F)cc1)S(C)(=O)=O. The molecule has 0 saturated carbocycles. The van der Waals surface area contributed by atoms with Gasteiger partial charge in [0, 0.05) is 11.5 Å². The predicted octanol–water partition coefficient (Wildman–Crippen LogP) is 3.00. The summed E-state index contributed by atoms with van der Waals surface area (Å²) in [6.45, 7) is -0.309. The summed E-state index contributed by atoms with van der Waals surface area (Å²) in [4.78, 5) is 11.8. The average Bonchev–Trinajstić information content (AvgIpc) is 2.54. The van der Waals surface area contributed by atoms with E-state index in [1.165, 1.54) is 19.2 Å². The zero-order valence-corrected chi connectivity index (χ0v) is 15.9. The molecule has 0 fully saturated rings. The molecule has 2 rings (SSSR count). The Bertz CT molecular complexity index is 872. The number of nitrogens with zero attached hydrogens (tertiary/aromatic N) is 1. The lowest BCUT2D eigenvalue weighted by Crippen LogP contribution is -2.24. The van der Waals surface area contributed by atoms with Crippen molar-refractivity contribution >= 4 is 43.2 Å². The van der Waals surface area contributed by atoms with E-state index in [0.717, 1.165) is 10.6 Å². The summed E-state index contributed by atoms with van der Waals surface area (Å²) in [5, 5.41) is 2.41. The molecule has 0 aliphatic rings. The molecule has 134 valence electrons. The molecule has 0 aliphatic heterocycles. The van der Waals surface area contributed by atoms with Crippen molar-refractivity contribution in [2.24, 2.45) is 0 Å². The van der Waals surface area contributed by atoms with Gasteiger partial charge in [0.25, 0.3) is 5.91 Å². The van der Waals surface area contributed by atoms with Gasteiger partial charge in [0.05, 0.1) is 17.6 Å². The largest absolute Gasteiger partial charge is 0.484 e. The van der Waals surface area contributed by atoms with Gasteiger partial charge in [-0.3, -0.25) is 9.10 Å². The summed E-state index contributed by atoms with van der Waals surface area (Å²) in [5.41, 5.74) is 0.526. The summed E-state index contributed by atoms with van der Waals surface area (Å²) in [6.07, 6.45) is 1.10. The zero-order chi connectivity index (χ0) is 18.6. The van der Waals surface area contributed by atoms with Crippen LogP contribution in [0.2, 0.25) is 0 Å². The Morgan fingerprint density at radius 1 is 1.24 bits per heavy atom. The van der Waals surface area contributed by atoms with Gasteiger partial charge in [0.2, 0.25) is 10.0 Å². The molecular formula is C16H16BrFN2O4S. The lowest BCUT2D eigenvalue weighted by molar-refractivity contribution is -0.118. The number of anilines is 2. The highest BCUT2D eigenvalue weighted by molar-refractivity contribution is 9.10. The van der Waals surface area contributed by atoms with E-state index >= 15 is 0 Å². The fraction of sp³-hybridized carbons (Fsp3) is 0.188. The maximum Gasteiger partial charge on any atom is 0.262 e. The number of amides is 1. The Morgan fingerprint density at radius 2 is 1.88 bits per heavy atom. The highest BCUT2D eigenvalue weighted by atomic mass is 79.9. The van der Waals surface area contributed by atoms with Gasteiger partial charge in [-0.2, -0.15) is 0 Å². The molecule has 0 aliphatic carbocycles. The van der Waals surface area contributed by atoms with Crippen molar-refractivity contribution < 1.29 is 22.3 Å². The van der Waals surface area contributed by atoms with Crippen molar-refractivity contribution in [2.75, 3.05) is 29.5 Å². The van der Waals surface area contributed by atoms with Crippen LogP contribution in [0.5, 0.6) is 5.75 Å². The lowest BCUT2D eigenvalue weighted by Gasteiger charge is -2.16. The van der Waals surface area contributed by atoms with Crippen LogP contribution in [0.15, 0.2) is 46.9 Å². The third-order valence-corrected chi connectivity index (χ3v) is 4.97. The van der Waals surface area contributed by atoms with Crippen molar-refractivity contribution in [3.05, 3.63) is 52.8 Å². The second kappa shape index (κ2) is 7.83. The van der Waals surface area contributed by atoms with Gasteiger partial charge in [-0.15, -0.1) is 0 Å². The monoisotopic (exact) mass is 430 g/mol. The van der Waals surface area contributed by atoms with Gasteiger partial charge in [-0.1, -0.05) is 15.9 Å². The van der Waals surface area contributed by atoms with Gasteiger partial charge < -0.3 is 10.1 Å². The number of halogens is 2. The normalized spacial score (nSPS) is 11.0. The highest BCUT2D eigenvalue weighted by Gasteiger charge is 2.12. The van der Waals surface area contributed by atoms with Gasteiger partial charge >= 0.3 is 0 Å². The molecule has 0 unspecified atom stereocenters. The topological polar surface area (TPSA) is 75.7 Å². The standard InChI is InChI=1S/C16H16BrFN2O4S/c1-20(25(2,22)23)12-4-6-13(7-5-12)24-10-16(21)19-15-8-3-11(17)9-14(15)18/h3-9H,10H2,1-2H3,(H,19,21). The molecule has 2 aromatic rings. The van der Waals surface area contributed by atoms with E-state index in [1.54, 1.807) is 30.3 Å². The molecular weight excluding hydrogens is 415 g/mol. The number of benzene rings is 2. The number of carbonyl (C=O) groups excluding carboxylic acids is 1. The van der Waals surface area contributed by atoms with Crippen molar-refractivity contribution in [2.45, 2.75) is 0 Å². The first-order valence-corrected chi connectivity index (χ1v) is 9.72. The molecule has 0 aromatic heterocycles. The van der Waals surface area contributed by atoms with E-state index in [-0.39, 0.29) is 12.3 Å². The molecule has 0 spiro atoms. The molecule has 0 radical (unpaired) electrons. The molecule has 1 N–H and O–H groups in total. The molecule has 0 bridgehead atoms. The van der Waals surface area contributed by atoms with Gasteiger partial charge in [-0.05, 0) is 42.5 Å². The minimum absolute atomic E-state index is 0.0573. The van der Waals surface area contributed by atoms with Gasteiger partial charge in [0.15, 0.2) is 6.61 Å². The Labute approximate surface area is 153 Å². The van der Waals surface area contributed by atoms with Crippen LogP contribution in [-0.2, 0) is 14.8 Å². The Hall–Kier alpha value is -2.13. The van der Waals surface area contributed by atoms with Crippen LogP contribution in [0.25, 0.3) is 0 Å². The summed E-state index contributed by atoms with van der Waals surface area (Å²) in [5.74, 6) is -0.688. The predicted molar refractivity (Wildman–Crippen MR) is 97.9 cm³/mol. The first-order valence-electron chi connectivity index (χ1n) is 7.08. The molecule has 1 amide bonds. The minimum atomic E-state index is -3.35. The minimum Gasteiger partial charge on any atom is -0.484 e. The van der Waals surface area contributed by atoms with Crippen molar-refractivity contribution in [3.8, 4) is 5.75 Å². The second-order valence-electron chi connectivity index (χ2n) is 5.19. The molecule has 2 aromatic carbocycles. The Morgan fingerprint density at radius 3 is 2.44 bits per heavy atom. The third kappa shape index (κ3) is 5.43.